The van der Waals surface area contributed by atoms with Crippen LogP contribution in [0.2, 0.25) is 0 Å². The topological polar surface area (TPSA) is 344 Å². The van der Waals surface area contributed by atoms with Crippen LogP contribution in [-0.4, -0.2) is 134 Å². The fraction of sp³-hybridized carbons (Fsp3) is 0.0588. The fourth-order valence-corrected chi connectivity index (χ4v) is 11.2. The van der Waals surface area contributed by atoms with E-state index in [-0.39, 0.29) is 56.8 Å². The summed E-state index contributed by atoms with van der Waals surface area (Å²) in [6.45, 7) is 0. The number of benzene rings is 5. The number of Topliss-reactive ketones (excluding diaryl/α,β-unsaturated/α-hetero) is 3. The maximum absolute atomic E-state index is 12.6. The number of aromatic hydroxyl groups is 1. The smallest absolute Gasteiger partial charge is 0.347 e. The number of aromatic nitrogens is 12. The van der Waals surface area contributed by atoms with Gasteiger partial charge in [-0.05, 0) is 140 Å². The first-order valence-corrected chi connectivity index (χ1v) is 27.5. The zero-order valence-electron chi connectivity index (χ0n) is 40.4. The second-order valence-corrected chi connectivity index (χ2v) is 20.9. The normalized spacial score (nSPS) is 10.8. The predicted octanol–water partition coefficient (Wildman–Crippen LogP) is 8.09. The Hall–Kier alpha value is -9.55. The Balaban J connectivity index is 0.000000146. The third-order valence-corrected chi connectivity index (χ3v) is 15.8. The monoisotopic (exact) mass is 1170 g/mol. The number of ketones is 3. The van der Waals surface area contributed by atoms with Crippen LogP contribution in [0.5, 0.6) is 5.75 Å². The minimum atomic E-state index is -1.04. The van der Waals surface area contributed by atoms with Gasteiger partial charge in [0.15, 0.2) is 17.3 Å². The van der Waals surface area contributed by atoms with Crippen LogP contribution in [0.1, 0.15) is 60.8 Å². The highest BCUT2D eigenvalue weighted by molar-refractivity contribution is 8.00. The average molecular weight is 1170 g/mol. The summed E-state index contributed by atoms with van der Waals surface area (Å²) in [5, 5.41) is 75.7. The number of carboxylic acids is 3. The minimum absolute atomic E-state index is 0.00458. The van der Waals surface area contributed by atoms with Crippen LogP contribution in [-0.2, 0) is 0 Å². The molecule has 6 heterocycles. The molecule has 0 saturated heterocycles. The highest BCUT2D eigenvalue weighted by Crippen LogP contribution is 2.38. The lowest BCUT2D eigenvalue weighted by Crippen LogP contribution is -2.16. The average Bonchev–Trinajstić information content (AvgIpc) is 4.37. The van der Waals surface area contributed by atoms with E-state index in [0.29, 0.717) is 58.6 Å². The maximum atomic E-state index is 12.6. The Labute approximate surface area is 468 Å². The molecule has 0 spiro atoms. The standard InChI is InChI=1S/C19H12N4O5S.C18H12N4O4S2.C14H10N4O3S2/c24-15(14-9-12-3-1-2-4-16(12)28-18(14)27)10-29-19-20-21-22-23(19)13-7-5-11(6-8-13)17(25)26;23-13(16-15(24)12-3-1-2-4-14(12)28-16)9-27-18-19-20-21-22(18)11-7-5-10(6-8-11)17(25)26;19-11(12-2-1-7-22-12)8-23-14-15-16-17-18(14)10-5-3-9(4-6-10)13(20)21/h1-9H,10H2,(H,25,26);1-8,24H,9H2,(H,25,26);1-7H,8H2,(H,20,21). The maximum Gasteiger partial charge on any atom is 0.347 e. The van der Waals surface area contributed by atoms with Crippen LogP contribution >= 0.6 is 58.0 Å². The van der Waals surface area contributed by atoms with E-state index in [4.69, 9.17) is 19.7 Å². The van der Waals surface area contributed by atoms with Gasteiger partial charge >= 0.3 is 23.5 Å². The van der Waals surface area contributed by atoms with Crippen molar-refractivity contribution in [3.63, 3.8) is 0 Å². The van der Waals surface area contributed by atoms with Crippen molar-refractivity contribution in [2.24, 2.45) is 0 Å². The largest absolute Gasteiger partial charge is 0.506 e. The number of rotatable bonds is 18. The number of hydrogen-bond donors (Lipinski definition) is 4. The minimum Gasteiger partial charge on any atom is -0.506 e. The first-order valence-electron chi connectivity index (χ1n) is 22.8. The quantitative estimate of drug-likeness (QED) is 0.0358. The van der Waals surface area contributed by atoms with Gasteiger partial charge in [0, 0.05) is 15.5 Å². The number of aromatic carboxylic acids is 3. The van der Waals surface area contributed by atoms with Crippen LogP contribution in [0.15, 0.2) is 170 Å². The van der Waals surface area contributed by atoms with E-state index in [1.165, 1.54) is 90.9 Å². The number of nitrogens with zero attached hydrogens (tertiary/aromatic N) is 12. The lowest BCUT2D eigenvalue weighted by molar-refractivity contribution is 0.0686. The Kier molecular flexibility index (Phi) is 17.4. The summed E-state index contributed by atoms with van der Waals surface area (Å²) >= 11 is 6.07. The van der Waals surface area contributed by atoms with Crippen LogP contribution < -0.4 is 5.63 Å². The SMILES string of the molecule is O=C(O)c1ccc(-n2nnnc2SCC(=O)c2cc3ccccc3oc2=O)cc1.O=C(O)c1ccc(-n2nnnc2SCC(=O)c2cccs2)cc1.O=C(O)c1ccc(-n2nnnc2SCC(=O)c2sc3ccccc3c2O)cc1. The molecule has 11 rings (SSSR count). The molecule has 0 unspecified atom stereocenters. The first-order chi connectivity index (χ1) is 38.7. The van der Waals surface area contributed by atoms with E-state index >= 15 is 0 Å². The van der Waals surface area contributed by atoms with Crippen molar-refractivity contribution in [1.82, 2.24) is 60.6 Å². The molecular formula is C51H34N12O12S5. The van der Waals surface area contributed by atoms with E-state index in [9.17, 15) is 38.7 Å². The second-order valence-electron chi connectivity index (χ2n) is 16.1. The predicted molar refractivity (Wildman–Crippen MR) is 294 cm³/mol. The van der Waals surface area contributed by atoms with Gasteiger partial charge < -0.3 is 24.8 Å². The Morgan fingerprint density at radius 1 is 0.525 bits per heavy atom. The number of thiophene rings is 2. The van der Waals surface area contributed by atoms with Gasteiger partial charge in [0.2, 0.25) is 15.5 Å². The molecule has 0 aliphatic heterocycles. The molecule has 29 heteroatoms. The summed E-state index contributed by atoms with van der Waals surface area (Å²) in [6.07, 6.45) is 0. The summed E-state index contributed by atoms with van der Waals surface area (Å²) < 4.78 is 10.3. The lowest BCUT2D eigenvalue weighted by atomic mass is 10.1. The Morgan fingerprint density at radius 3 is 1.44 bits per heavy atom. The first kappa shape index (κ1) is 55.2. The molecule has 0 atom stereocenters. The number of carboxylic acid groups (broad SMARTS) is 3. The van der Waals surface area contributed by atoms with Crippen LogP contribution in [0.25, 0.3) is 38.1 Å². The number of carbonyl (C=O) groups is 6. The van der Waals surface area contributed by atoms with Gasteiger partial charge in [0.25, 0.3) is 0 Å². The van der Waals surface area contributed by atoms with Crippen molar-refractivity contribution in [2.75, 3.05) is 17.3 Å². The molecule has 0 bridgehead atoms. The zero-order valence-corrected chi connectivity index (χ0v) is 44.5. The van der Waals surface area contributed by atoms with Crippen molar-refractivity contribution in [3.8, 4) is 22.8 Å². The van der Waals surface area contributed by atoms with Gasteiger partial charge in [-0.25, -0.2) is 19.2 Å². The molecule has 0 radical (unpaired) electrons. The lowest BCUT2D eigenvalue weighted by Gasteiger charge is -2.05. The molecule has 400 valence electrons. The molecule has 0 fully saturated rings. The van der Waals surface area contributed by atoms with Crippen LogP contribution in [0.3, 0.4) is 0 Å². The summed E-state index contributed by atoms with van der Waals surface area (Å²) in [4.78, 5) is 83.1. The fourth-order valence-electron chi connectivity index (χ4n) is 7.05. The molecule has 80 heavy (non-hydrogen) atoms. The Morgan fingerprint density at radius 2 is 0.975 bits per heavy atom. The van der Waals surface area contributed by atoms with Crippen molar-refractivity contribution in [1.29, 1.82) is 0 Å². The van der Waals surface area contributed by atoms with Crippen molar-refractivity contribution in [3.05, 3.63) is 187 Å². The molecule has 0 aliphatic carbocycles. The van der Waals surface area contributed by atoms with Gasteiger partial charge in [-0.2, -0.15) is 14.0 Å². The third kappa shape index (κ3) is 13.1. The van der Waals surface area contributed by atoms with Crippen molar-refractivity contribution >= 4 is 114 Å². The third-order valence-electron chi connectivity index (χ3n) is 11.0. The van der Waals surface area contributed by atoms with E-state index in [2.05, 4.69) is 46.6 Å². The molecular weight excluding hydrogens is 1130 g/mol. The number of thioether (sulfide) groups is 3. The molecule has 0 saturated carbocycles. The molecule has 4 N–H and O–H groups in total. The molecule has 24 nitrogen and oxygen atoms in total. The summed E-state index contributed by atoms with van der Waals surface area (Å²) in [6, 6.07) is 37.6. The number of hydrogen-bond acceptors (Lipinski definition) is 23. The molecule has 0 amide bonds. The Bertz CT molecular complexity index is 4130. The van der Waals surface area contributed by atoms with Crippen LogP contribution in [0.4, 0.5) is 0 Å². The molecule has 11 aromatic rings. The van der Waals surface area contributed by atoms with Gasteiger partial charge in [-0.1, -0.05) is 71.7 Å². The zero-order chi connectivity index (χ0) is 56.3. The number of tetrazole rings is 3. The second kappa shape index (κ2) is 25.3. The van der Waals surface area contributed by atoms with Gasteiger partial charge in [0.05, 0.1) is 55.9 Å². The molecule has 5 aromatic carbocycles. The van der Waals surface area contributed by atoms with Crippen LogP contribution in [0, 0.1) is 0 Å². The van der Waals surface area contributed by atoms with Gasteiger partial charge in [-0.15, -0.1) is 38.0 Å². The summed E-state index contributed by atoms with van der Waals surface area (Å²) in [5.41, 5.74) is 1.90. The summed E-state index contributed by atoms with van der Waals surface area (Å²) in [7, 11) is 0. The highest BCUT2D eigenvalue weighted by atomic mass is 32.2. The van der Waals surface area contributed by atoms with E-state index in [1.807, 2.05) is 29.6 Å². The van der Waals surface area contributed by atoms with Gasteiger partial charge in [0.1, 0.15) is 21.8 Å². The highest BCUT2D eigenvalue weighted by Gasteiger charge is 2.21. The van der Waals surface area contributed by atoms with Gasteiger partial charge in [-0.3, -0.25) is 14.4 Å². The van der Waals surface area contributed by atoms with E-state index < -0.39 is 29.3 Å². The number of fused-ring (bicyclic) bond motifs is 2. The molecule has 0 aliphatic rings. The molecule has 6 aromatic heterocycles. The number of carbonyl (C=O) groups excluding carboxylic acids is 3. The number of para-hydroxylation sites is 1. The van der Waals surface area contributed by atoms with E-state index in [0.717, 1.165) is 28.2 Å². The van der Waals surface area contributed by atoms with Crippen molar-refractivity contribution < 1.29 is 53.6 Å². The van der Waals surface area contributed by atoms with Crippen molar-refractivity contribution in [2.45, 2.75) is 15.5 Å². The summed E-state index contributed by atoms with van der Waals surface area (Å²) in [5.74, 6) is -3.47. The van der Waals surface area contributed by atoms with E-state index in [1.54, 1.807) is 72.8 Å².